The quantitative estimate of drug-likeness (QED) is 0.635. The van der Waals surface area contributed by atoms with Gasteiger partial charge in [0.15, 0.2) is 0 Å². The van der Waals surface area contributed by atoms with Gasteiger partial charge in [-0.05, 0) is 55.3 Å². The van der Waals surface area contributed by atoms with Crippen molar-refractivity contribution >= 4 is 38.9 Å². The van der Waals surface area contributed by atoms with Crippen LogP contribution in [0.25, 0.3) is 0 Å². The van der Waals surface area contributed by atoms with E-state index in [1.54, 1.807) is 49.5 Å². The predicted molar refractivity (Wildman–Crippen MR) is 114 cm³/mol. The van der Waals surface area contributed by atoms with Crippen molar-refractivity contribution < 1.29 is 13.2 Å². The number of carbonyl (C=O) groups excluding carboxylic acids is 1. The summed E-state index contributed by atoms with van der Waals surface area (Å²) in [5.41, 5.74) is 2.13. The highest BCUT2D eigenvalue weighted by atomic mass is 35.5. The van der Waals surface area contributed by atoms with Crippen LogP contribution in [0.3, 0.4) is 0 Å². The minimum absolute atomic E-state index is 0.0501. The van der Waals surface area contributed by atoms with Crippen LogP contribution in [0.2, 0.25) is 5.02 Å². The lowest BCUT2D eigenvalue weighted by Gasteiger charge is -2.17. The van der Waals surface area contributed by atoms with Crippen molar-refractivity contribution in [3.05, 3.63) is 53.1 Å². The van der Waals surface area contributed by atoms with Gasteiger partial charge in [-0.3, -0.25) is 4.79 Å². The molecule has 0 aliphatic rings. The molecule has 0 saturated heterocycles. The second-order valence-corrected chi connectivity index (χ2v) is 8.97. The molecule has 0 radical (unpaired) electrons. The molecule has 0 aliphatic carbocycles. The summed E-state index contributed by atoms with van der Waals surface area (Å²) in [5.74, 6) is -0.221. The number of rotatable bonds is 9. The summed E-state index contributed by atoms with van der Waals surface area (Å²) < 4.78 is 26.4. The minimum Gasteiger partial charge on any atom is -0.376 e. The van der Waals surface area contributed by atoms with Crippen LogP contribution in [-0.4, -0.2) is 38.8 Å². The molecule has 2 rings (SSSR count). The molecule has 0 aliphatic heterocycles. The van der Waals surface area contributed by atoms with Crippen molar-refractivity contribution in [3.8, 4) is 0 Å². The van der Waals surface area contributed by atoms with Crippen LogP contribution >= 0.6 is 11.6 Å². The second-order valence-electron chi connectivity index (χ2n) is 6.52. The van der Waals surface area contributed by atoms with E-state index in [9.17, 15) is 13.2 Å². The Hall–Kier alpha value is -2.09. The number of nitrogens with one attached hydrogen (secondary N) is 2. The Balaban J connectivity index is 1.95. The summed E-state index contributed by atoms with van der Waals surface area (Å²) in [5, 5.41) is 6.38. The Kier molecular flexibility index (Phi) is 7.86. The van der Waals surface area contributed by atoms with Gasteiger partial charge in [0.05, 0.1) is 11.4 Å². The lowest BCUT2D eigenvalue weighted by atomic mass is 10.2. The molecule has 0 bridgehead atoms. The second kappa shape index (κ2) is 9.91. The molecule has 1 amide bonds. The van der Waals surface area contributed by atoms with E-state index < -0.39 is 10.0 Å². The van der Waals surface area contributed by atoms with Gasteiger partial charge in [0.25, 0.3) is 0 Å². The third-order valence-electron chi connectivity index (χ3n) is 4.38. The minimum atomic E-state index is -3.50. The number of sulfonamides is 1. The normalized spacial score (nSPS) is 11.5. The zero-order valence-corrected chi connectivity index (χ0v) is 17.9. The van der Waals surface area contributed by atoms with Crippen molar-refractivity contribution in [2.45, 2.75) is 31.6 Å². The van der Waals surface area contributed by atoms with Crippen molar-refractivity contribution in [1.82, 2.24) is 4.31 Å². The van der Waals surface area contributed by atoms with E-state index in [1.165, 1.54) is 4.31 Å². The number of hydrogen-bond donors (Lipinski definition) is 2. The van der Waals surface area contributed by atoms with Gasteiger partial charge in [-0.2, -0.15) is 0 Å². The van der Waals surface area contributed by atoms with Gasteiger partial charge in [0.2, 0.25) is 15.9 Å². The SMILES string of the molecule is CCCCN(C)S(=O)(=O)c1ccc(NCC(=O)Nc2cccc(Cl)c2C)cc1. The van der Waals surface area contributed by atoms with Gasteiger partial charge in [0, 0.05) is 30.0 Å². The summed E-state index contributed by atoms with van der Waals surface area (Å²) >= 11 is 6.05. The third kappa shape index (κ3) is 5.70. The molecular formula is C20H26ClN3O3S. The largest absolute Gasteiger partial charge is 0.376 e. The summed E-state index contributed by atoms with van der Waals surface area (Å²) in [4.78, 5) is 12.4. The molecule has 8 heteroatoms. The third-order valence-corrected chi connectivity index (χ3v) is 6.66. The number of benzene rings is 2. The van der Waals surface area contributed by atoms with Crippen LogP contribution < -0.4 is 10.6 Å². The molecule has 2 aromatic rings. The Morgan fingerprint density at radius 2 is 1.82 bits per heavy atom. The van der Waals surface area contributed by atoms with Crippen LogP contribution in [0.1, 0.15) is 25.3 Å². The maximum absolute atomic E-state index is 12.5. The lowest BCUT2D eigenvalue weighted by molar-refractivity contribution is -0.114. The molecule has 2 N–H and O–H groups in total. The molecule has 6 nitrogen and oxygen atoms in total. The standard InChI is InChI=1S/C20H26ClN3O3S/c1-4-5-13-24(3)28(26,27)17-11-9-16(10-12-17)22-14-20(25)23-19-8-6-7-18(21)15(19)2/h6-12,22H,4-5,13-14H2,1-3H3,(H,23,25). The Morgan fingerprint density at radius 3 is 2.46 bits per heavy atom. The monoisotopic (exact) mass is 423 g/mol. The van der Waals surface area contributed by atoms with Gasteiger partial charge in [-0.15, -0.1) is 0 Å². The summed E-state index contributed by atoms with van der Waals surface area (Å²) in [7, 11) is -1.91. The molecule has 0 saturated carbocycles. The van der Waals surface area contributed by atoms with Crippen molar-refractivity contribution in [2.75, 3.05) is 30.8 Å². The van der Waals surface area contributed by atoms with Gasteiger partial charge in [-0.1, -0.05) is 31.0 Å². The van der Waals surface area contributed by atoms with Crippen LogP contribution in [0.4, 0.5) is 11.4 Å². The Morgan fingerprint density at radius 1 is 1.14 bits per heavy atom. The van der Waals surface area contributed by atoms with Gasteiger partial charge in [-0.25, -0.2) is 12.7 Å². The maximum atomic E-state index is 12.5. The van der Waals surface area contributed by atoms with E-state index >= 15 is 0 Å². The molecule has 0 unspecified atom stereocenters. The van der Waals surface area contributed by atoms with E-state index in [0.29, 0.717) is 22.9 Å². The molecule has 0 fully saturated rings. The zero-order chi connectivity index (χ0) is 20.7. The number of halogens is 1. The highest BCUT2D eigenvalue weighted by Gasteiger charge is 2.19. The van der Waals surface area contributed by atoms with Crippen LogP contribution in [-0.2, 0) is 14.8 Å². The molecule has 152 valence electrons. The van der Waals surface area contributed by atoms with Crippen molar-refractivity contribution in [2.24, 2.45) is 0 Å². The fourth-order valence-electron chi connectivity index (χ4n) is 2.55. The van der Waals surface area contributed by atoms with E-state index in [0.717, 1.165) is 18.4 Å². The first-order valence-corrected chi connectivity index (χ1v) is 10.9. The molecule has 0 spiro atoms. The zero-order valence-electron chi connectivity index (χ0n) is 16.3. The molecular weight excluding hydrogens is 398 g/mol. The number of anilines is 2. The van der Waals surface area contributed by atoms with Gasteiger partial charge in [0.1, 0.15) is 0 Å². The molecule has 0 aromatic heterocycles. The number of carbonyl (C=O) groups is 1. The number of hydrogen-bond acceptors (Lipinski definition) is 4. The molecule has 28 heavy (non-hydrogen) atoms. The van der Waals surface area contributed by atoms with E-state index in [4.69, 9.17) is 11.6 Å². The van der Waals surface area contributed by atoms with Gasteiger partial charge < -0.3 is 10.6 Å². The Labute approximate surface area is 171 Å². The van der Waals surface area contributed by atoms with E-state index in [-0.39, 0.29) is 17.3 Å². The van der Waals surface area contributed by atoms with Crippen LogP contribution in [0.15, 0.2) is 47.4 Å². The highest BCUT2D eigenvalue weighted by molar-refractivity contribution is 7.89. The molecule has 0 heterocycles. The van der Waals surface area contributed by atoms with Crippen LogP contribution in [0, 0.1) is 6.92 Å². The number of nitrogens with zero attached hydrogens (tertiary/aromatic N) is 1. The molecule has 2 aromatic carbocycles. The Bertz CT molecular complexity index is 915. The average molecular weight is 424 g/mol. The van der Waals surface area contributed by atoms with Crippen molar-refractivity contribution in [1.29, 1.82) is 0 Å². The van der Waals surface area contributed by atoms with E-state index in [2.05, 4.69) is 10.6 Å². The smallest absolute Gasteiger partial charge is 0.243 e. The number of unbranched alkanes of at least 4 members (excludes halogenated alkanes) is 1. The van der Waals surface area contributed by atoms with Gasteiger partial charge >= 0.3 is 0 Å². The van der Waals surface area contributed by atoms with E-state index in [1.807, 2.05) is 13.8 Å². The maximum Gasteiger partial charge on any atom is 0.243 e. The summed E-state index contributed by atoms with van der Waals surface area (Å²) in [6.07, 6.45) is 1.75. The lowest BCUT2D eigenvalue weighted by Crippen LogP contribution is -2.28. The topological polar surface area (TPSA) is 78.5 Å². The first-order chi connectivity index (χ1) is 13.3. The molecule has 0 atom stereocenters. The first-order valence-electron chi connectivity index (χ1n) is 9.11. The number of amides is 1. The summed E-state index contributed by atoms with van der Waals surface area (Å²) in [6, 6.07) is 11.7. The summed E-state index contributed by atoms with van der Waals surface area (Å²) in [6.45, 7) is 4.39. The van der Waals surface area contributed by atoms with Crippen LogP contribution in [0.5, 0.6) is 0 Å². The first kappa shape index (κ1) is 22.2. The predicted octanol–water partition coefficient (Wildman–Crippen LogP) is 4.12. The fourth-order valence-corrected chi connectivity index (χ4v) is 3.93. The average Bonchev–Trinajstić information content (AvgIpc) is 2.68. The highest BCUT2D eigenvalue weighted by Crippen LogP contribution is 2.23. The van der Waals surface area contributed by atoms with Crippen molar-refractivity contribution in [3.63, 3.8) is 0 Å². The fraction of sp³-hybridized carbons (Fsp3) is 0.350.